The van der Waals surface area contributed by atoms with E-state index < -0.39 is 6.17 Å². The first-order valence-corrected chi connectivity index (χ1v) is 15.2. The average Bonchev–Trinajstić information content (AvgIpc) is 3.49. The molecule has 8 aromatic rings. The predicted molar refractivity (Wildman–Crippen MR) is 186 cm³/mol. The second kappa shape index (κ2) is 10.3. The maximum atomic E-state index is 6.10. The lowest BCUT2D eigenvalue weighted by Gasteiger charge is -2.23. The Morgan fingerprint density at radius 3 is 1.69 bits per heavy atom. The van der Waals surface area contributed by atoms with Crippen LogP contribution in [0.3, 0.4) is 0 Å². The largest absolute Gasteiger partial charge is 0.456 e. The van der Waals surface area contributed by atoms with Crippen LogP contribution in [0.2, 0.25) is 0 Å². The zero-order valence-corrected chi connectivity index (χ0v) is 24.3. The van der Waals surface area contributed by atoms with Crippen LogP contribution in [0.1, 0.15) is 22.9 Å². The van der Waals surface area contributed by atoms with E-state index >= 15 is 0 Å². The van der Waals surface area contributed by atoms with Gasteiger partial charge < -0.3 is 9.73 Å². The molecule has 1 N–H and O–H groups in total. The summed E-state index contributed by atoms with van der Waals surface area (Å²) in [5.41, 5.74) is 7.14. The third-order valence-corrected chi connectivity index (χ3v) is 8.70. The molecule has 1 atom stereocenters. The van der Waals surface area contributed by atoms with E-state index in [1.807, 2.05) is 24.3 Å². The summed E-state index contributed by atoms with van der Waals surface area (Å²) in [6.07, 6.45) is -0.398. The van der Waals surface area contributed by atoms with E-state index in [2.05, 4.69) is 133 Å². The number of amidine groups is 2. The van der Waals surface area contributed by atoms with Crippen molar-refractivity contribution in [3.8, 4) is 11.1 Å². The maximum absolute atomic E-state index is 6.10. The molecule has 212 valence electrons. The molecule has 0 spiro atoms. The van der Waals surface area contributed by atoms with Crippen molar-refractivity contribution in [3.05, 3.63) is 168 Å². The van der Waals surface area contributed by atoms with Crippen LogP contribution in [0.25, 0.3) is 54.6 Å². The third-order valence-electron chi connectivity index (χ3n) is 8.70. The van der Waals surface area contributed by atoms with Crippen molar-refractivity contribution in [2.24, 2.45) is 9.98 Å². The van der Waals surface area contributed by atoms with Gasteiger partial charge in [0.1, 0.15) is 22.8 Å². The van der Waals surface area contributed by atoms with Gasteiger partial charge in [-0.3, -0.25) is 0 Å². The first-order valence-electron chi connectivity index (χ1n) is 15.2. The number of para-hydroxylation sites is 1. The van der Waals surface area contributed by atoms with Crippen LogP contribution in [0, 0.1) is 0 Å². The minimum absolute atomic E-state index is 0.398. The Morgan fingerprint density at radius 1 is 0.422 bits per heavy atom. The molecule has 2 heterocycles. The quantitative estimate of drug-likeness (QED) is 0.226. The van der Waals surface area contributed by atoms with Crippen molar-refractivity contribution in [1.82, 2.24) is 5.32 Å². The molecule has 0 amide bonds. The fourth-order valence-corrected chi connectivity index (χ4v) is 6.32. The number of aliphatic imine (C=N–C) groups is 2. The highest BCUT2D eigenvalue weighted by Crippen LogP contribution is 2.32. The van der Waals surface area contributed by atoms with Crippen molar-refractivity contribution < 1.29 is 4.42 Å². The lowest BCUT2D eigenvalue weighted by molar-refractivity contribution is 0.669. The molecule has 4 nitrogen and oxygen atoms in total. The summed E-state index contributed by atoms with van der Waals surface area (Å²) in [6.45, 7) is 0. The predicted octanol–water partition coefficient (Wildman–Crippen LogP) is 10.1. The molecule has 7 aromatic carbocycles. The van der Waals surface area contributed by atoms with Gasteiger partial charge in [-0.05, 0) is 74.6 Å². The van der Waals surface area contributed by atoms with E-state index in [4.69, 9.17) is 14.4 Å². The van der Waals surface area contributed by atoms with E-state index in [0.717, 1.165) is 50.3 Å². The number of nitrogens with zero attached hydrogens (tertiary/aromatic N) is 2. The van der Waals surface area contributed by atoms with Gasteiger partial charge in [-0.1, -0.05) is 115 Å². The Morgan fingerprint density at radius 2 is 0.956 bits per heavy atom. The van der Waals surface area contributed by atoms with Crippen LogP contribution < -0.4 is 5.32 Å². The van der Waals surface area contributed by atoms with Gasteiger partial charge in [0.2, 0.25) is 0 Å². The molecule has 1 aromatic heterocycles. The summed E-state index contributed by atoms with van der Waals surface area (Å²) >= 11 is 0. The molecule has 0 saturated carbocycles. The first-order chi connectivity index (χ1) is 22.2. The first kappa shape index (κ1) is 25.5. The number of nitrogens with one attached hydrogen (secondary N) is 1. The summed E-state index contributed by atoms with van der Waals surface area (Å²) in [7, 11) is 0. The van der Waals surface area contributed by atoms with E-state index in [1.165, 1.54) is 32.7 Å². The molecule has 45 heavy (non-hydrogen) atoms. The van der Waals surface area contributed by atoms with Gasteiger partial charge in [0.15, 0.2) is 6.17 Å². The molecule has 0 fully saturated rings. The van der Waals surface area contributed by atoms with Gasteiger partial charge in [0.25, 0.3) is 0 Å². The molecule has 0 bridgehead atoms. The summed E-state index contributed by atoms with van der Waals surface area (Å²) in [6, 6.07) is 53.0. The minimum Gasteiger partial charge on any atom is -0.456 e. The number of hydrogen-bond donors (Lipinski definition) is 1. The van der Waals surface area contributed by atoms with E-state index in [9.17, 15) is 0 Å². The van der Waals surface area contributed by atoms with Crippen molar-refractivity contribution in [2.75, 3.05) is 0 Å². The fourth-order valence-electron chi connectivity index (χ4n) is 6.32. The molecular weight excluding hydrogens is 550 g/mol. The van der Waals surface area contributed by atoms with Gasteiger partial charge in [0.05, 0.1) is 0 Å². The monoisotopic (exact) mass is 577 g/mol. The number of benzene rings is 7. The van der Waals surface area contributed by atoms with E-state index in [1.54, 1.807) is 0 Å². The number of hydrogen-bond acceptors (Lipinski definition) is 4. The van der Waals surface area contributed by atoms with Crippen LogP contribution >= 0.6 is 0 Å². The molecule has 0 radical (unpaired) electrons. The van der Waals surface area contributed by atoms with Crippen molar-refractivity contribution in [3.63, 3.8) is 0 Å². The van der Waals surface area contributed by atoms with Crippen LogP contribution in [0.15, 0.2) is 166 Å². The number of fused-ring (bicyclic) bond motifs is 5. The normalized spacial score (nSPS) is 14.9. The lowest BCUT2D eigenvalue weighted by Crippen LogP contribution is -2.36. The molecular formula is C41H27N3O. The molecule has 0 saturated heterocycles. The topological polar surface area (TPSA) is 49.9 Å². The molecule has 1 aliphatic rings. The fraction of sp³-hybridized carbons (Fsp3) is 0.0244. The highest BCUT2D eigenvalue weighted by molar-refractivity contribution is 6.18. The molecule has 9 rings (SSSR count). The second-order valence-corrected chi connectivity index (χ2v) is 11.5. The zero-order valence-electron chi connectivity index (χ0n) is 24.3. The van der Waals surface area contributed by atoms with Gasteiger partial charge in [0, 0.05) is 21.9 Å². The molecule has 4 heteroatoms. The Labute approximate surface area is 260 Å². The SMILES string of the molecule is c1ccc2cc(C3=NC(c4ccc(-c5ccc6ccccc6c5)cc4)N=C(c4ccc5oc6ccccc6c5c4)N3)ccc2c1. The number of rotatable bonds is 4. The van der Waals surface area contributed by atoms with Crippen LogP contribution in [0.4, 0.5) is 0 Å². The van der Waals surface area contributed by atoms with E-state index in [0.29, 0.717) is 0 Å². The third kappa shape index (κ3) is 4.55. The van der Waals surface area contributed by atoms with Crippen molar-refractivity contribution in [2.45, 2.75) is 6.17 Å². The Bertz CT molecular complexity index is 2470. The maximum Gasteiger partial charge on any atom is 0.169 e. The van der Waals surface area contributed by atoms with Crippen LogP contribution in [0.5, 0.6) is 0 Å². The van der Waals surface area contributed by atoms with E-state index in [-0.39, 0.29) is 0 Å². The van der Waals surface area contributed by atoms with Gasteiger partial charge >= 0.3 is 0 Å². The minimum atomic E-state index is -0.398. The number of furan rings is 1. The highest BCUT2D eigenvalue weighted by atomic mass is 16.3. The Hall–Kier alpha value is -6.00. The van der Waals surface area contributed by atoms with Crippen LogP contribution in [-0.2, 0) is 0 Å². The molecule has 1 unspecified atom stereocenters. The van der Waals surface area contributed by atoms with Gasteiger partial charge in [-0.2, -0.15) is 0 Å². The average molecular weight is 578 g/mol. The Kier molecular flexibility index (Phi) is 5.85. The highest BCUT2D eigenvalue weighted by Gasteiger charge is 2.22. The van der Waals surface area contributed by atoms with Gasteiger partial charge in [-0.15, -0.1) is 0 Å². The van der Waals surface area contributed by atoms with Crippen molar-refractivity contribution >= 4 is 55.2 Å². The summed E-state index contributed by atoms with van der Waals surface area (Å²) in [4.78, 5) is 10.3. The van der Waals surface area contributed by atoms with Gasteiger partial charge in [-0.25, -0.2) is 9.98 Å². The zero-order chi connectivity index (χ0) is 29.7. The molecule has 1 aliphatic heterocycles. The summed E-state index contributed by atoms with van der Waals surface area (Å²) in [5.74, 6) is 1.58. The second-order valence-electron chi connectivity index (χ2n) is 11.5. The lowest BCUT2D eigenvalue weighted by atomic mass is 9.99. The van der Waals surface area contributed by atoms with Crippen LogP contribution in [-0.4, -0.2) is 11.7 Å². The summed E-state index contributed by atoms with van der Waals surface area (Å²) < 4.78 is 6.10. The smallest absolute Gasteiger partial charge is 0.169 e. The Balaban J connectivity index is 1.13. The standard InChI is InChI=1S/C41H27N3O/c1-3-9-30-23-32(19-15-26(30)7-1)28-13-17-29(18-14-28)39-42-40(33-20-16-27-8-2-4-10-31(27)24-33)44-41(43-39)34-21-22-38-36(25-34)35-11-5-6-12-37(35)45-38/h1-25,39H,(H,42,43,44). The summed E-state index contributed by atoms with van der Waals surface area (Å²) in [5, 5.41) is 10.6. The molecule has 0 aliphatic carbocycles. The van der Waals surface area contributed by atoms with Crippen molar-refractivity contribution in [1.29, 1.82) is 0 Å².